The van der Waals surface area contributed by atoms with Crippen LogP contribution < -0.4 is 10.5 Å². The van der Waals surface area contributed by atoms with E-state index in [0.29, 0.717) is 24.5 Å². The Balaban J connectivity index is 2.45. The number of ether oxygens (including phenoxy) is 1. The molecule has 0 saturated heterocycles. The van der Waals surface area contributed by atoms with Gasteiger partial charge in [-0.05, 0) is 19.1 Å². The molecule has 0 spiro atoms. The van der Waals surface area contributed by atoms with Crippen molar-refractivity contribution >= 4 is 11.5 Å². The lowest BCUT2D eigenvalue weighted by Gasteiger charge is -2.06. The van der Waals surface area contributed by atoms with Gasteiger partial charge in [-0.2, -0.15) is 0 Å². The van der Waals surface area contributed by atoms with Gasteiger partial charge in [0.2, 0.25) is 0 Å². The van der Waals surface area contributed by atoms with Crippen LogP contribution in [0, 0.1) is 0 Å². The molecule has 0 saturated carbocycles. The highest BCUT2D eigenvalue weighted by molar-refractivity contribution is 5.75. The maximum atomic E-state index is 10.6. The predicted molar refractivity (Wildman–Crippen MR) is 51.6 cm³/mol. The number of ketones is 1. The predicted octanol–water partition coefficient (Wildman–Crippen LogP) is 1.63. The summed E-state index contributed by atoms with van der Waals surface area (Å²) < 4.78 is 5.30. The largest absolute Gasteiger partial charge is 0.491 e. The first kappa shape index (κ1) is 9.58. The summed E-state index contributed by atoms with van der Waals surface area (Å²) in [5.74, 6) is 0.762. The first-order chi connectivity index (χ1) is 6.20. The van der Waals surface area contributed by atoms with E-state index in [1.54, 1.807) is 12.1 Å². The minimum absolute atomic E-state index is 0.120. The molecular formula is C10H13NO2. The van der Waals surface area contributed by atoms with Crippen molar-refractivity contribution in [1.29, 1.82) is 0 Å². The van der Waals surface area contributed by atoms with Crippen LogP contribution in [0.2, 0.25) is 0 Å². The molecule has 1 aromatic rings. The van der Waals surface area contributed by atoms with E-state index >= 15 is 0 Å². The molecule has 2 N–H and O–H groups in total. The molecule has 0 atom stereocenters. The third kappa shape index (κ3) is 3.15. The fourth-order valence-corrected chi connectivity index (χ4v) is 0.917. The van der Waals surface area contributed by atoms with Crippen LogP contribution in [0.3, 0.4) is 0 Å². The number of para-hydroxylation sites is 2. The van der Waals surface area contributed by atoms with Gasteiger partial charge in [0, 0.05) is 6.42 Å². The van der Waals surface area contributed by atoms with Gasteiger partial charge in [-0.3, -0.25) is 4.79 Å². The highest BCUT2D eigenvalue weighted by Gasteiger charge is 1.98. The Labute approximate surface area is 77.5 Å². The van der Waals surface area contributed by atoms with E-state index in [-0.39, 0.29) is 5.78 Å². The molecule has 0 aliphatic carbocycles. The number of carbonyl (C=O) groups is 1. The van der Waals surface area contributed by atoms with E-state index in [9.17, 15) is 4.79 Å². The van der Waals surface area contributed by atoms with E-state index in [2.05, 4.69) is 0 Å². The summed E-state index contributed by atoms with van der Waals surface area (Å²) >= 11 is 0. The minimum atomic E-state index is 0.120. The molecule has 0 heterocycles. The molecule has 3 nitrogen and oxygen atoms in total. The van der Waals surface area contributed by atoms with Gasteiger partial charge in [-0.25, -0.2) is 0 Å². The van der Waals surface area contributed by atoms with Crippen molar-refractivity contribution in [2.45, 2.75) is 13.3 Å². The quantitative estimate of drug-likeness (QED) is 0.714. The number of anilines is 1. The third-order valence-electron chi connectivity index (χ3n) is 1.63. The summed E-state index contributed by atoms with van der Waals surface area (Å²) in [6.45, 7) is 1.93. The number of benzene rings is 1. The van der Waals surface area contributed by atoms with Gasteiger partial charge in [-0.15, -0.1) is 0 Å². The Hall–Kier alpha value is -1.51. The lowest BCUT2D eigenvalue weighted by molar-refractivity contribution is -0.117. The Morgan fingerprint density at radius 1 is 1.46 bits per heavy atom. The molecule has 0 aromatic heterocycles. The van der Waals surface area contributed by atoms with Gasteiger partial charge < -0.3 is 10.5 Å². The summed E-state index contributed by atoms with van der Waals surface area (Å²) in [7, 11) is 0. The van der Waals surface area contributed by atoms with Crippen molar-refractivity contribution in [2.24, 2.45) is 0 Å². The van der Waals surface area contributed by atoms with Crippen molar-refractivity contribution in [3.05, 3.63) is 24.3 Å². The van der Waals surface area contributed by atoms with Crippen LogP contribution in [0.4, 0.5) is 5.69 Å². The van der Waals surface area contributed by atoms with Crippen LogP contribution in [0.15, 0.2) is 24.3 Å². The Morgan fingerprint density at radius 3 is 2.77 bits per heavy atom. The lowest BCUT2D eigenvalue weighted by Crippen LogP contribution is -2.04. The van der Waals surface area contributed by atoms with Gasteiger partial charge in [0.15, 0.2) is 0 Å². The highest BCUT2D eigenvalue weighted by atomic mass is 16.5. The number of carbonyl (C=O) groups excluding carboxylic acids is 1. The first-order valence-electron chi connectivity index (χ1n) is 4.17. The van der Waals surface area contributed by atoms with Crippen molar-refractivity contribution < 1.29 is 9.53 Å². The number of nitrogen functional groups attached to an aromatic ring is 1. The second-order valence-electron chi connectivity index (χ2n) is 2.84. The first-order valence-corrected chi connectivity index (χ1v) is 4.17. The zero-order valence-corrected chi connectivity index (χ0v) is 7.62. The smallest absolute Gasteiger partial charge is 0.142 e. The summed E-state index contributed by atoms with van der Waals surface area (Å²) in [6, 6.07) is 7.24. The third-order valence-corrected chi connectivity index (χ3v) is 1.63. The van der Waals surface area contributed by atoms with E-state index in [4.69, 9.17) is 10.5 Å². The molecule has 1 rings (SSSR count). The standard InChI is InChI=1S/C10H13NO2/c1-8(12)6-7-13-10-5-3-2-4-9(10)11/h2-5H,6-7,11H2,1H3. The Bertz CT molecular complexity index is 297. The summed E-state index contributed by atoms with van der Waals surface area (Å²) in [5, 5.41) is 0. The molecule has 13 heavy (non-hydrogen) atoms. The molecule has 3 heteroatoms. The van der Waals surface area contributed by atoms with Crippen molar-refractivity contribution in [3.63, 3.8) is 0 Å². The van der Waals surface area contributed by atoms with Gasteiger partial charge in [-0.1, -0.05) is 12.1 Å². The second-order valence-corrected chi connectivity index (χ2v) is 2.84. The van der Waals surface area contributed by atoms with Crippen LogP contribution >= 0.6 is 0 Å². The molecule has 70 valence electrons. The molecule has 0 unspecified atom stereocenters. The maximum absolute atomic E-state index is 10.6. The van der Waals surface area contributed by atoms with Crippen LogP contribution in [-0.2, 0) is 4.79 Å². The fourth-order valence-electron chi connectivity index (χ4n) is 0.917. The molecule has 1 aromatic carbocycles. The molecular weight excluding hydrogens is 166 g/mol. The Kier molecular flexibility index (Phi) is 3.31. The van der Waals surface area contributed by atoms with Gasteiger partial charge in [0.25, 0.3) is 0 Å². The average Bonchev–Trinajstić information content (AvgIpc) is 2.08. The minimum Gasteiger partial charge on any atom is -0.491 e. The molecule has 0 amide bonds. The average molecular weight is 179 g/mol. The van der Waals surface area contributed by atoms with Gasteiger partial charge in [0.1, 0.15) is 11.5 Å². The molecule has 0 aliphatic heterocycles. The highest BCUT2D eigenvalue weighted by Crippen LogP contribution is 2.19. The number of nitrogens with two attached hydrogens (primary N) is 1. The lowest BCUT2D eigenvalue weighted by atomic mass is 10.3. The fraction of sp³-hybridized carbons (Fsp3) is 0.300. The van der Waals surface area contributed by atoms with Crippen molar-refractivity contribution in [3.8, 4) is 5.75 Å². The van der Waals surface area contributed by atoms with E-state index < -0.39 is 0 Å². The van der Waals surface area contributed by atoms with E-state index in [0.717, 1.165) is 0 Å². The topological polar surface area (TPSA) is 52.3 Å². The molecule has 0 bridgehead atoms. The van der Waals surface area contributed by atoms with Crippen molar-refractivity contribution in [1.82, 2.24) is 0 Å². The second kappa shape index (κ2) is 4.50. The summed E-state index contributed by atoms with van der Waals surface area (Å²) in [6.07, 6.45) is 0.425. The van der Waals surface area contributed by atoms with E-state index in [1.165, 1.54) is 6.92 Å². The van der Waals surface area contributed by atoms with Gasteiger partial charge in [0.05, 0.1) is 12.3 Å². The molecule has 0 fully saturated rings. The number of hydrogen-bond donors (Lipinski definition) is 1. The summed E-state index contributed by atoms with van der Waals surface area (Å²) in [4.78, 5) is 10.6. The van der Waals surface area contributed by atoms with Crippen LogP contribution in [0.1, 0.15) is 13.3 Å². The maximum Gasteiger partial charge on any atom is 0.142 e. The summed E-state index contributed by atoms with van der Waals surface area (Å²) in [5.41, 5.74) is 6.23. The molecule has 0 radical (unpaired) electrons. The zero-order valence-electron chi connectivity index (χ0n) is 7.62. The van der Waals surface area contributed by atoms with Crippen LogP contribution in [-0.4, -0.2) is 12.4 Å². The molecule has 0 aliphatic rings. The monoisotopic (exact) mass is 179 g/mol. The van der Waals surface area contributed by atoms with Crippen LogP contribution in [0.25, 0.3) is 0 Å². The zero-order chi connectivity index (χ0) is 9.68. The number of hydrogen-bond acceptors (Lipinski definition) is 3. The number of Topliss-reactive ketones (excluding diaryl/α,β-unsaturated/α-hetero) is 1. The Morgan fingerprint density at radius 2 is 2.15 bits per heavy atom. The van der Waals surface area contributed by atoms with Crippen molar-refractivity contribution in [2.75, 3.05) is 12.3 Å². The van der Waals surface area contributed by atoms with Crippen LogP contribution in [0.5, 0.6) is 5.75 Å². The normalized spacial score (nSPS) is 9.62. The number of rotatable bonds is 4. The SMILES string of the molecule is CC(=O)CCOc1ccccc1N. The van der Waals surface area contributed by atoms with E-state index in [1.807, 2.05) is 12.1 Å². The van der Waals surface area contributed by atoms with Gasteiger partial charge >= 0.3 is 0 Å².